The van der Waals surface area contributed by atoms with E-state index in [1.807, 2.05) is 24.3 Å². The van der Waals surface area contributed by atoms with Gasteiger partial charge < -0.3 is 5.11 Å². The molecule has 3 nitrogen and oxygen atoms in total. The predicted octanol–water partition coefficient (Wildman–Crippen LogP) is 5.36. The number of hydrogen-bond donors (Lipinski definition) is 1. The van der Waals surface area contributed by atoms with Crippen LogP contribution in [0.1, 0.15) is 37.5 Å². The molecule has 3 heteroatoms. The Hall–Kier alpha value is -2.94. The van der Waals surface area contributed by atoms with E-state index in [4.69, 9.17) is 0 Å². The van der Waals surface area contributed by atoms with Gasteiger partial charge in [-0.2, -0.15) is 4.58 Å². The van der Waals surface area contributed by atoms with Crippen LogP contribution in [0.15, 0.2) is 54.7 Å². The normalized spacial score (nSPS) is 15.7. The second kappa shape index (κ2) is 6.34. The van der Waals surface area contributed by atoms with Crippen molar-refractivity contribution in [3.05, 3.63) is 71.4 Å². The number of fused-ring (bicyclic) bond motifs is 2. The van der Waals surface area contributed by atoms with Crippen LogP contribution in [0, 0.1) is 6.92 Å². The molecule has 0 aliphatic carbocycles. The third-order valence-corrected chi connectivity index (χ3v) is 5.64. The van der Waals surface area contributed by atoms with Crippen molar-refractivity contribution in [1.29, 1.82) is 0 Å². The number of phenolic OH excluding ortho intramolecular Hbond substituents is 1. The van der Waals surface area contributed by atoms with Gasteiger partial charge in [0.15, 0.2) is 5.71 Å². The zero-order valence-electron chi connectivity index (χ0n) is 16.3. The van der Waals surface area contributed by atoms with E-state index in [0.29, 0.717) is 5.52 Å². The molecule has 0 spiro atoms. The van der Waals surface area contributed by atoms with Crippen molar-refractivity contribution in [1.82, 2.24) is 4.98 Å². The van der Waals surface area contributed by atoms with E-state index in [9.17, 15) is 5.11 Å². The van der Waals surface area contributed by atoms with Crippen LogP contribution in [0.4, 0.5) is 5.69 Å². The Labute approximate surface area is 160 Å². The number of hydrogen-bond acceptors (Lipinski definition) is 2. The minimum absolute atomic E-state index is 0.0805. The summed E-state index contributed by atoms with van der Waals surface area (Å²) in [4.78, 5) is 4.37. The van der Waals surface area contributed by atoms with Crippen molar-refractivity contribution in [3.8, 4) is 5.75 Å². The van der Waals surface area contributed by atoms with E-state index < -0.39 is 0 Å². The van der Waals surface area contributed by atoms with E-state index in [2.05, 4.69) is 67.6 Å². The van der Waals surface area contributed by atoms with Gasteiger partial charge in [-0.3, -0.25) is 4.98 Å². The number of pyridine rings is 1. The molecule has 2 heterocycles. The molecule has 0 saturated heterocycles. The fourth-order valence-corrected chi connectivity index (χ4v) is 4.21. The number of aromatic hydroxyl groups is 1. The van der Waals surface area contributed by atoms with Gasteiger partial charge in [-0.05, 0) is 51.5 Å². The first-order valence-corrected chi connectivity index (χ1v) is 9.45. The topological polar surface area (TPSA) is 36.1 Å². The molecule has 0 fully saturated rings. The molecule has 1 aromatic heterocycles. The van der Waals surface area contributed by atoms with E-state index in [1.54, 1.807) is 6.20 Å². The fourth-order valence-electron chi connectivity index (χ4n) is 4.21. The Morgan fingerprint density at radius 2 is 1.89 bits per heavy atom. The summed E-state index contributed by atoms with van der Waals surface area (Å²) in [6, 6.07) is 14.5. The van der Waals surface area contributed by atoms with Crippen LogP contribution >= 0.6 is 0 Å². The Morgan fingerprint density at radius 3 is 2.67 bits per heavy atom. The second-order valence-corrected chi connectivity index (χ2v) is 7.64. The first-order valence-electron chi connectivity index (χ1n) is 9.45. The van der Waals surface area contributed by atoms with E-state index in [1.165, 1.54) is 17.0 Å². The Kier molecular flexibility index (Phi) is 4.11. The average Bonchev–Trinajstić information content (AvgIpc) is 2.90. The Bertz CT molecular complexity index is 1110. The molecule has 0 amide bonds. The summed E-state index contributed by atoms with van der Waals surface area (Å²) in [6.07, 6.45) is 5.88. The summed E-state index contributed by atoms with van der Waals surface area (Å²) in [5.41, 5.74) is 6.34. The molecule has 27 heavy (non-hydrogen) atoms. The van der Waals surface area contributed by atoms with E-state index in [0.717, 1.165) is 23.1 Å². The number of aromatic nitrogens is 1. The first-order chi connectivity index (χ1) is 12.9. The molecular weight excluding hydrogens is 332 g/mol. The fraction of sp³-hybridized carbons (Fsp3) is 0.250. The minimum Gasteiger partial charge on any atom is -0.505 e. The van der Waals surface area contributed by atoms with Gasteiger partial charge >= 0.3 is 0 Å². The van der Waals surface area contributed by atoms with Crippen molar-refractivity contribution in [2.75, 3.05) is 6.54 Å². The quantitative estimate of drug-likeness (QED) is 0.641. The largest absolute Gasteiger partial charge is 0.505 e. The lowest BCUT2D eigenvalue weighted by Gasteiger charge is -2.15. The molecular formula is C24H25N2O+. The van der Waals surface area contributed by atoms with Crippen molar-refractivity contribution in [2.24, 2.45) is 0 Å². The second-order valence-electron chi connectivity index (χ2n) is 7.64. The van der Waals surface area contributed by atoms with Gasteiger partial charge in [0.2, 0.25) is 5.69 Å². The number of para-hydroxylation sites is 1. The maximum absolute atomic E-state index is 10.7. The molecule has 0 atom stereocenters. The summed E-state index contributed by atoms with van der Waals surface area (Å²) < 4.78 is 2.36. The number of aryl methyl sites for hydroxylation is 1. The number of phenols is 1. The molecule has 0 saturated carbocycles. The minimum atomic E-state index is -0.0805. The van der Waals surface area contributed by atoms with E-state index >= 15 is 0 Å². The molecule has 4 rings (SSSR count). The third-order valence-electron chi connectivity index (χ3n) is 5.64. The van der Waals surface area contributed by atoms with Crippen LogP contribution in [0.2, 0.25) is 0 Å². The molecule has 136 valence electrons. The molecule has 2 aromatic carbocycles. The van der Waals surface area contributed by atoms with Crippen LogP contribution < -0.4 is 0 Å². The number of nitrogens with zero attached hydrogens (tertiary/aromatic N) is 2. The van der Waals surface area contributed by atoms with Crippen LogP contribution in [0.25, 0.3) is 17.0 Å². The maximum Gasteiger partial charge on any atom is 0.209 e. The van der Waals surface area contributed by atoms with Crippen LogP contribution in [0.5, 0.6) is 5.75 Å². The lowest BCUT2D eigenvalue weighted by Crippen LogP contribution is -2.27. The van der Waals surface area contributed by atoms with Crippen molar-refractivity contribution in [3.63, 3.8) is 0 Å². The molecule has 1 aliphatic rings. The highest BCUT2D eigenvalue weighted by molar-refractivity contribution is 6.06. The first kappa shape index (κ1) is 17.5. The van der Waals surface area contributed by atoms with Gasteiger partial charge in [0, 0.05) is 34.9 Å². The molecule has 0 bridgehead atoms. The predicted molar refractivity (Wildman–Crippen MR) is 112 cm³/mol. The monoisotopic (exact) mass is 357 g/mol. The highest BCUT2D eigenvalue weighted by atomic mass is 16.3. The van der Waals surface area contributed by atoms with Gasteiger partial charge in [0.25, 0.3) is 0 Å². The van der Waals surface area contributed by atoms with Gasteiger partial charge in [-0.1, -0.05) is 24.3 Å². The Balaban J connectivity index is 1.84. The number of allylic oxidation sites excluding steroid dienone is 1. The molecule has 0 radical (unpaired) electrons. The standard InChI is InChI=1S/C24H24N2O/c1-5-26-20-11-7-6-10-19(20)24(3,4)21(26)13-12-17-15-16(2)18-9-8-14-25-22(18)23(17)27/h6-15H,5H2,1-4H3/p+1. The zero-order chi connectivity index (χ0) is 19.2. The summed E-state index contributed by atoms with van der Waals surface area (Å²) >= 11 is 0. The van der Waals surface area contributed by atoms with E-state index in [-0.39, 0.29) is 11.2 Å². The highest BCUT2D eigenvalue weighted by Crippen LogP contribution is 2.40. The average molecular weight is 357 g/mol. The Morgan fingerprint density at radius 1 is 1.11 bits per heavy atom. The van der Waals surface area contributed by atoms with Crippen LogP contribution in [-0.2, 0) is 5.41 Å². The molecule has 1 N–H and O–H groups in total. The van der Waals surface area contributed by atoms with Gasteiger partial charge in [-0.15, -0.1) is 0 Å². The van der Waals surface area contributed by atoms with Crippen molar-refractivity contribution in [2.45, 2.75) is 33.1 Å². The summed E-state index contributed by atoms with van der Waals surface area (Å²) in [7, 11) is 0. The number of rotatable bonds is 3. The summed E-state index contributed by atoms with van der Waals surface area (Å²) in [5.74, 6) is 0.240. The van der Waals surface area contributed by atoms with Crippen molar-refractivity contribution >= 4 is 28.4 Å². The lowest BCUT2D eigenvalue weighted by atomic mass is 9.81. The van der Waals surface area contributed by atoms with Gasteiger partial charge in [0.05, 0.1) is 5.41 Å². The summed E-state index contributed by atoms with van der Waals surface area (Å²) in [6.45, 7) is 9.65. The highest BCUT2D eigenvalue weighted by Gasteiger charge is 2.43. The zero-order valence-corrected chi connectivity index (χ0v) is 16.3. The molecule has 3 aromatic rings. The molecule has 0 unspecified atom stereocenters. The van der Waals surface area contributed by atoms with Gasteiger partial charge in [-0.25, -0.2) is 0 Å². The third kappa shape index (κ3) is 2.66. The van der Waals surface area contributed by atoms with Crippen LogP contribution in [-0.4, -0.2) is 26.9 Å². The summed E-state index contributed by atoms with van der Waals surface area (Å²) in [5, 5.41) is 11.7. The number of benzene rings is 2. The maximum atomic E-state index is 10.7. The molecule has 1 aliphatic heterocycles. The lowest BCUT2D eigenvalue weighted by molar-refractivity contribution is -0.433. The van der Waals surface area contributed by atoms with Gasteiger partial charge in [0.1, 0.15) is 17.8 Å². The smallest absolute Gasteiger partial charge is 0.209 e. The van der Waals surface area contributed by atoms with Crippen molar-refractivity contribution < 1.29 is 9.68 Å². The SMILES string of the molecule is CC[N+]1=C(C=Cc2cc(C)c3cccnc3c2O)C(C)(C)c2ccccc21. The van der Waals surface area contributed by atoms with Crippen LogP contribution in [0.3, 0.4) is 0 Å².